The zero-order valence-electron chi connectivity index (χ0n) is 16.7. The van der Waals surface area contributed by atoms with E-state index in [9.17, 15) is 19.8 Å². The van der Waals surface area contributed by atoms with Gasteiger partial charge in [0.2, 0.25) is 0 Å². The minimum atomic E-state index is -0.491. The Morgan fingerprint density at radius 3 is 2.37 bits per heavy atom. The molecule has 0 unspecified atom stereocenters. The molecule has 0 radical (unpaired) electrons. The van der Waals surface area contributed by atoms with Gasteiger partial charge in [0.25, 0.3) is 0 Å². The van der Waals surface area contributed by atoms with Crippen molar-refractivity contribution >= 4 is 23.9 Å². The van der Waals surface area contributed by atoms with E-state index in [1.54, 1.807) is 6.92 Å². The van der Waals surface area contributed by atoms with Crippen LogP contribution in [0.2, 0.25) is 5.02 Å². The Kier molecular flexibility index (Phi) is 8.35. The van der Waals surface area contributed by atoms with Gasteiger partial charge in [-0.05, 0) is 65.9 Å². The van der Waals surface area contributed by atoms with Gasteiger partial charge in [0.1, 0.15) is 11.5 Å². The van der Waals surface area contributed by atoms with E-state index < -0.39 is 5.41 Å². The third-order valence-corrected chi connectivity index (χ3v) is 4.81. The fourth-order valence-corrected chi connectivity index (χ4v) is 2.70. The van der Waals surface area contributed by atoms with Crippen LogP contribution in [-0.2, 0) is 16.0 Å². The Hall–Kier alpha value is -2.01. The summed E-state index contributed by atoms with van der Waals surface area (Å²) in [7, 11) is 0. The Bertz CT molecular complexity index is 729. The first-order chi connectivity index (χ1) is 12.5. The zero-order chi connectivity index (χ0) is 20.8. The lowest BCUT2D eigenvalue weighted by Crippen LogP contribution is -2.23. The van der Waals surface area contributed by atoms with E-state index in [-0.39, 0.29) is 40.0 Å². The molecule has 0 aliphatic rings. The molecule has 6 heteroatoms. The first-order valence-corrected chi connectivity index (χ1v) is 9.39. The van der Waals surface area contributed by atoms with Gasteiger partial charge < -0.3 is 14.9 Å². The van der Waals surface area contributed by atoms with Crippen LogP contribution in [0.5, 0.6) is 11.5 Å². The number of hydrogen-bond acceptors (Lipinski definition) is 5. The van der Waals surface area contributed by atoms with Crippen molar-refractivity contribution in [3.63, 3.8) is 0 Å². The highest BCUT2D eigenvalue weighted by Crippen LogP contribution is 2.40. The van der Waals surface area contributed by atoms with Gasteiger partial charge in [0, 0.05) is 5.56 Å². The van der Waals surface area contributed by atoms with Crippen LogP contribution in [0.1, 0.15) is 68.4 Å². The number of esters is 1. The summed E-state index contributed by atoms with van der Waals surface area (Å²) in [4.78, 5) is 22.8. The van der Waals surface area contributed by atoms with Crippen LogP contribution in [0, 0.1) is 12.3 Å². The molecule has 0 fully saturated rings. The molecule has 0 saturated heterocycles. The molecule has 0 amide bonds. The second kappa shape index (κ2) is 9.79. The quantitative estimate of drug-likeness (QED) is 0.276. The van der Waals surface area contributed by atoms with Gasteiger partial charge in [0.15, 0.2) is 6.29 Å². The molecule has 5 nitrogen and oxygen atoms in total. The van der Waals surface area contributed by atoms with Crippen LogP contribution in [-0.4, -0.2) is 29.1 Å². The van der Waals surface area contributed by atoms with Crippen LogP contribution < -0.4 is 0 Å². The van der Waals surface area contributed by atoms with Gasteiger partial charge in [-0.2, -0.15) is 0 Å². The number of hydrogen-bond donors (Lipinski definition) is 2. The number of halogens is 1. The second-order valence-electron chi connectivity index (χ2n) is 7.74. The topological polar surface area (TPSA) is 83.8 Å². The van der Waals surface area contributed by atoms with E-state index in [2.05, 4.69) is 0 Å². The van der Waals surface area contributed by atoms with E-state index in [1.165, 1.54) is 0 Å². The number of carbonyl (C=O) groups is 2. The van der Waals surface area contributed by atoms with E-state index in [1.807, 2.05) is 33.8 Å². The SMILES string of the molecule is C/C(=C\Cc1c(O)c(Cl)c(C)c(C=O)c1O)CCCCOC(=O)C(C)(C)C. The molecule has 1 aromatic carbocycles. The first kappa shape index (κ1) is 23.0. The highest BCUT2D eigenvalue weighted by Gasteiger charge is 2.22. The molecule has 0 aliphatic heterocycles. The number of rotatable bonds is 8. The summed E-state index contributed by atoms with van der Waals surface area (Å²) < 4.78 is 5.23. The van der Waals surface area contributed by atoms with Crippen molar-refractivity contribution in [1.82, 2.24) is 0 Å². The molecule has 27 heavy (non-hydrogen) atoms. The van der Waals surface area contributed by atoms with E-state index >= 15 is 0 Å². The number of benzene rings is 1. The number of unbranched alkanes of at least 4 members (excludes halogenated alkanes) is 1. The smallest absolute Gasteiger partial charge is 0.311 e. The Balaban J connectivity index is 2.62. The summed E-state index contributed by atoms with van der Waals surface area (Å²) in [5.41, 5.74) is 1.28. The van der Waals surface area contributed by atoms with Gasteiger partial charge in [-0.25, -0.2) is 0 Å². The maximum atomic E-state index is 11.7. The second-order valence-corrected chi connectivity index (χ2v) is 8.12. The predicted molar refractivity (Wildman–Crippen MR) is 107 cm³/mol. The number of allylic oxidation sites excluding steroid dienone is 2. The molecule has 2 N–H and O–H groups in total. The lowest BCUT2D eigenvalue weighted by Gasteiger charge is -2.16. The van der Waals surface area contributed by atoms with Gasteiger partial charge >= 0.3 is 5.97 Å². The van der Waals surface area contributed by atoms with Gasteiger partial charge in [-0.1, -0.05) is 23.3 Å². The molecule has 0 spiro atoms. The highest BCUT2D eigenvalue weighted by molar-refractivity contribution is 6.33. The Labute approximate surface area is 166 Å². The maximum Gasteiger partial charge on any atom is 0.311 e. The molecular weight excluding hydrogens is 368 g/mol. The van der Waals surface area contributed by atoms with Crippen LogP contribution >= 0.6 is 11.6 Å². The average molecular weight is 397 g/mol. The van der Waals surface area contributed by atoms with Crippen molar-refractivity contribution in [2.75, 3.05) is 6.61 Å². The number of aldehydes is 1. The number of aromatic hydroxyl groups is 2. The fraction of sp³-hybridized carbons (Fsp3) is 0.524. The van der Waals surface area contributed by atoms with E-state index in [0.29, 0.717) is 18.5 Å². The van der Waals surface area contributed by atoms with Crippen molar-refractivity contribution in [3.8, 4) is 11.5 Å². The number of phenolic OH excluding ortho intramolecular Hbond substituents is 2. The standard InChI is InChI=1S/C21H29ClO5/c1-13(8-6-7-11-27-20(26)21(3,4)5)9-10-15-18(24)16(12-23)14(2)17(22)19(15)25/h9,12,24-25H,6-8,10-11H2,1-5H3/b13-9+. The molecule has 0 bridgehead atoms. The lowest BCUT2D eigenvalue weighted by atomic mass is 9.97. The molecular formula is C21H29ClO5. The summed E-state index contributed by atoms with van der Waals surface area (Å²) in [5, 5.41) is 20.5. The fourth-order valence-electron chi connectivity index (χ4n) is 2.48. The molecule has 0 atom stereocenters. The minimum absolute atomic E-state index is 0.0802. The Morgan fingerprint density at radius 1 is 1.19 bits per heavy atom. The largest absolute Gasteiger partial charge is 0.507 e. The van der Waals surface area contributed by atoms with Crippen LogP contribution in [0.4, 0.5) is 0 Å². The summed E-state index contributed by atoms with van der Waals surface area (Å²) in [6.07, 6.45) is 5.10. The Morgan fingerprint density at radius 2 is 1.81 bits per heavy atom. The first-order valence-electron chi connectivity index (χ1n) is 9.01. The molecule has 0 saturated carbocycles. The van der Waals surface area contributed by atoms with Crippen LogP contribution in [0.15, 0.2) is 11.6 Å². The van der Waals surface area contributed by atoms with Crippen molar-refractivity contribution in [1.29, 1.82) is 0 Å². The summed E-state index contributed by atoms with van der Waals surface area (Å²) in [6, 6.07) is 0. The van der Waals surface area contributed by atoms with Gasteiger partial charge in [-0.3, -0.25) is 9.59 Å². The number of carbonyl (C=O) groups excluding carboxylic acids is 2. The molecule has 150 valence electrons. The minimum Gasteiger partial charge on any atom is -0.507 e. The van der Waals surface area contributed by atoms with Crippen molar-refractivity contribution in [2.45, 2.75) is 60.3 Å². The lowest BCUT2D eigenvalue weighted by molar-refractivity contribution is -0.153. The molecule has 0 aliphatic carbocycles. The van der Waals surface area contributed by atoms with Crippen LogP contribution in [0.25, 0.3) is 0 Å². The summed E-state index contributed by atoms with van der Waals surface area (Å²) in [6.45, 7) is 9.37. The third-order valence-electron chi connectivity index (χ3n) is 4.35. The maximum absolute atomic E-state index is 11.7. The van der Waals surface area contributed by atoms with Crippen molar-refractivity contribution in [2.24, 2.45) is 5.41 Å². The molecule has 1 aromatic rings. The van der Waals surface area contributed by atoms with Crippen LogP contribution in [0.3, 0.4) is 0 Å². The average Bonchev–Trinajstić information content (AvgIpc) is 2.59. The number of ether oxygens (including phenoxy) is 1. The summed E-state index contributed by atoms with van der Waals surface area (Å²) >= 11 is 6.05. The summed E-state index contributed by atoms with van der Waals surface area (Å²) in [5.74, 6) is -0.638. The zero-order valence-corrected chi connectivity index (χ0v) is 17.4. The van der Waals surface area contributed by atoms with E-state index in [4.69, 9.17) is 16.3 Å². The van der Waals surface area contributed by atoms with Gasteiger partial charge in [-0.15, -0.1) is 0 Å². The molecule has 1 rings (SSSR count). The predicted octanol–water partition coefficient (Wildman–Crippen LogP) is 5.12. The normalized spacial score (nSPS) is 12.1. The van der Waals surface area contributed by atoms with Crippen molar-refractivity contribution < 1.29 is 24.5 Å². The van der Waals surface area contributed by atoms with Crippen molar-refractivity contribution in [3.05, 3.63) is 33.4 Å². The molecule has 0 aromatic heterocycles. The highest BCUT2D eigenvalue weighted by atomic mass is 35.5. The van der Waals surface area contributed by atoms with Gasteiger partial charge in [0.05, 0.1) is 22.6 Å². The van der Waals surface area contributed by atoms with E-state index in [0.717, 1.165) is 24.8 Å². The number of phenols is 2. The monoisotopic (exact) mass is 396 g/mol. The third kappa shape index (κ3) is 6.28. The molecule has 0 heterocycles.